The van der Waals surface area contributed by atoms with Crippen molar-refractivity contribution < 1.29 is 13.2 Å². The van der Waals surface area contributed by atoms with Crippen molar-refractivity contribution in [2.24, 2.45) is 5.73 Å². The number of sulfonamides is 1. The molecule has 1 heterocycles. The summed E-state index contributed by atoms with van der Waals surface area (Å²) in [5.41, 5.74) is 8.52. The average molecular weight is 534 g/mol. The highest BCUT2D eigenvalue weighted by atomic mass is 32.2. The van der Waals surface area contributed by atoms with Crippen molar-refractivity contribution in [3.05, 3.63) is 78.4 Å². The molecule has 9 heteroatoms. The van der Waals surface area contributed by atoms with Gasteiger partial charge in [-0.1, -0.05) is 42.5 Å². The van der Waals surface area contributed by atoms with Gasteiger partial charge in [-0.05, 0) is 75.9 Å². The molecule has 5 N–H and O–H groups in total. The topological polar surface area (TPSA) is 128 Å². The Balaban J connectivity index is 1.54. The number of amidine groups is 1. The molecule has 1 saturated heterocycles. The molecule has 3 aromatic carbocycles. The highest BCUT2D eigenvalue weighted by Gasteiger charge is 2.29. The molecular formula is C29H35N5O3S. The molecule has 1 aliphatic rings. The van der Waals surface area contributed by atoms with Gasteiger partial charge in [-0.15, -0.1) is 0 Å². The van der Waals surface area contributed by atoms with Crippen molar-refractivity contribution in [3.63, 3.8) is 0 Å². The van der Waals surface area contributed by atoms with E-state index in [1.807, 2.05) is 30.3 Å². The van der Waals surface area contributed by atoms with Gasteiger partial charge in [-0.25, -0.2) is 13.1 Å². The predicted octanol–water partition coefficient (Wildman–Crippen LogP) is 4.71. The van der Waals surface area contributed by atoms with Crippen LogP contribution in [0.15, 0.2) is 77.7 Å². The maximum absolute atomic E-state index is 13.3. The van der Waals surface area contributed by atoms with E-state index in [4.69, 9.17) is 11.1 Å². The van der Waals surface area contributed by atoms with Gasteiger partial charge in [0, 0.05) is 34.6 Å². The SMILES string of the molecule is CC(C)(C)NS(=O)(=O)c1ccccc1-c1ccc(NC(=O)C2CCCCN2c2cccc(C(=N)N)c2)cc1. The molecule has 1 amide bonds. The van der Waals surface area contributed by atoms with Crippen LogP contribution in [0.2, 0.25) is 0 Å². The molecule has 1 fully saturated rings. The number of carbonyl (C=O) groups is 1. The Morgan fingerprint density at radius 2 is 1.71 bits per heavy atom. The van der Waals surface area contributed by atoms with E-state index in [9.17, 15) is 13.2 Å². The molecule has 0 aliphatic carbocycles. The second-order valence-electron chi connectivity index (χ2n) is 10.6. The summed E-state index contributed by atoms with van der Waals surface area (Å²) < 4.78 is 28.8. The zero-order valence-electron chi connectivity index (χ0n) is 22.0. The van der Waals surface area contributed by atoms with Crippen molar-refractivity contribution in [1.82, 2.24) is 4.72 Å². The van der Waals surface area contributed by atoms with Gasteiger partial charge in [-0.3, -0.25) is 10.2 Å². The van der Waals surface area contributed by atoms with Crippen molar-refractivity contribution in [1.29, 1.82) is 5.41 Å². The van der Waals surface area contributed by atoms with Crippen molar-refractivity contribution >= 4 is 33.1 Å². The number of hydrogen-bond donors (Lipinski definition) is 4. The molecule has 0 aromatic heterocycles. The third-order valence-corrected chi connectivity index (χ3v) is 8.19. The molecule has 0 saturated carbocycles. The Labute approximate surface area is 224 Å². The lowest BCUT2D eigenvalue weighted by Gasteiger charge is -2.36. The summed E-state index contributed by atoms with van der Waals surface area (Å²) in [6, 6.07) is 21.2. The third-order valence-electron chi connectivity index (χ3n) is 6.37. The summed E-state index contributed by atoms with van der Waals surface area (Å²) in [4.78, 5) is 15.6. The minimum absolute atomic E-state index is 0.00601. The van der Waals surface area contributed by atoms with Crippen LogP contribution in [0.3, 0.4) is 0 Å². The van der Waals surface area contributed by atoms with Crippen LogP contribution in [-0.4, -0.2) is 38.3 Å². The second-order valence-corrected chi connectivity index (χ2v) is 12.2. The van der Waals surface area contributed by atoms with E-state index in [1.54, 1.807) is 63.2 Å². The number of benzene rings is 3. The highest BCUT2D eigenvalue weighted by molar-refractivity contribution is 7.89. The number of rotatable bonds is 7. The molecule has 4 rings (SSSR count). The number of anilines is 2. The van der Waals surface area contributed by atoms with E-state index in [-0.39, 0.29) is 22.7 Å². The number of nitrogens with two attached hydrogens (primary N) is 1. The van der Waals surface area contributed by atoms with E-state index in [1.165, 1.54) is 0 Å². The Hall–Kier alpha value is -3.69. The van der Waals surface area contributed by atoms with Gasteiger partial charge in [0.25, 0.3) is 0 Å². The summed E-state index contributed by atoms with van der Waals surface area (Å²) >= 11 is 0. The van der Waals surface area contributed by atoms with E-state index in [0.717, 1.165) is 37.1 Å². The molecule has 1 atom stereocenters. The van der Waals surface area contributed by atoms with Crippen LogP contribution in [0, 0.1) is 5.41 Å². The lowest BCUT2D eigenvalue weighted by atomic mass is 9.99. The minimum Gasteiger partial charge on any atom is -0.384 e. The zero-order valence-corrected chi connectivity index (χ0v) is 22.8. The van der Waals surface area contributed by atoms with Gasteiger partial charge in [0.05, 0.1) is 4.90 Å². The molecule has 1 aliphatic heterocycles. The first-order valence-corrected chi connectivity index (χ1v) is 14.2. The fraction of sp³-hybridized carbons (Fsp3) is 0.310. The molecular weight excluding hydrogens is 498 g/mol. The molecule has 38 heavy (non-hydrogen) atoms. The Morgan fingerprint density at radius 1 is 1.00 bits per heavy atom. The lowest BCUT2D eigenvalue weighted by Crippen LogP contribution is -2.47. The van der Waals surface area contributed by atoms with E-state index < -0.39 is 15.6 Å². The average Bonchev–Trinajstić information content (AvgIpc) is 2.88. The minimum atomic E-state index is -3.73. The molecule has 0 bridgehead atoms. The highest BCUT2D eigenvalue weighted by Crippen LogP contribution is 2.30. The first-order chi connectivity index (χ1) is 17.9. The number of piperidine rings is 1. The second kappa shape index (κ2) is 11.0. The van der Waals surface area contributed by atoms with Gasteiger partial charge in [-0.2, -0.15) is 0 Å². The maximum atomic E-state index is 13.3. The number of nitrogens with zero attached hydrogens (tertiary/aromatic N) is 1. The van der Waals surface area contributed by atoms with Crippen LogP contribution in [0.5, 0.6) is 0 Å². The molecule has 200 valence electrons. The molecule has 3 aromatic rings. The van der Waals surface area contributed by atoms with Crippen LogP contribution in [0.1, 0.15) is 45.6 Å². The van der Waals surface area contributed by atoms with Gasteiger partial charge in [0.15, 0.2) is 0 Å². The smallest absolute Gasteiger partial charge is 0.247 e. The summed E-state index contributed by atoms with van der Waals surface area (Å²) in [5, 5.41) is 10.8. The Bertz CT molecular complexity index is 1430. The Kier molecular flexibility index (Phi) is 7.89. The first-order valence-electron chi connectivity index (χ1n) is 12.7. The predicted molar refractivity (Wildman–Crippen MR) is 153 cm³/mol. The van der Waals surface area contributed by atoms with Crippen LogP contribution >= 0.6 is 0 Å². The van der Waals surface area contributed by atoms with E-state index in [2.05, 4.69) is 14.9 Å². The van der Waals surface area contributed by atoms with Crippen molar-refractivity contribution in [3.8, 4) is 11.1 Å². The van der Waals surface area contributed by atoms with Gasteiger partial charge in [0.2, 0.25) is 15.9 Å². The third kappa shape index (κ3) is 6.41. The summed E-state index contributed by atoms with van der Waals surface area (Å²) in [6.07, 6.45) is 2.66. The van der Waals surface area contributed by atoms with Gasteiger partial charge in [0.1, 0.15) is 11.9 Å². The Morgan fingerprint density at radius 3 is 2.39 bits per heavy atom. The fourth-order valence-corrected chi connectivity index (χ4v) is 6.37. The lowest BCUT2D eigenvalue weighted by molar-refractivity contribution is -0.117. The number of nitrogens with one attached hydrogen (secondary N) is 3. The zero-order chi connectivity index (χ0) is 27.5. The van der Waals surface area contributed by atoms with Crippen LogP contribution in [0.25, 0.3) is 11.1 Å². The van der Waals surface area contributed by atoms with Crippen LogP contribution in [-0.2, 0) is 14.8 Å². The van der Waals surface area contributed by atoms with Crippen LogP contribution in [0.4, 0.5) is 11.4 Å². The standard InChI is InChI=1S/C29H35N5O3S/c1-29(2,3)33-38(36,37)26-13-5-4-11-24(26)20-14-16-22(17-15-20)32-28(35)25-12-6-7-18-34(25)23-10-8-9-21(19-23)27(30)31/h4-5,8-11,13-17,19,25,33H,6-7,12,18H2,1-3H3,(H3,30,31)(H,32,35). The number of nitrogen functional groups attached to an aromatic ring is 1. The van der Waals surface area contributed by atoms with E-state index >= 15 is 0 Å². The summed E-state index contributed by atoms with van der Waals surface area (Å²) in [7, 11) is -3.73. The molecule has 1 unspecified atom stereocenters. The van der Waals surface area contributed by atoms with Crippen molar-refractivity contribution in [2.75, 3.05) is 16.8 Å². The van der Waals surface area contributed by atoms with Crippen molar-refractivity contribution in [2.45, 2.75) is 56.5 Å². The number of hydrogen-bond acceptors (Lipinski definition) is 5. The van der Waals surface area contributed by atoms with Crippen LogP contribution < -0.4 is 20.7 Å². The quantitative estimate of drug-likeness (QED) is 0.258. The molecule has 0 spiro atoms. The number of amides is 1. The normalized spacial score (nSPS) is 16.2. The number of carbonyl (C=O) groups excluding carboxylic acids is 1. The molecule has 8 nitrogen and oxygen atoms in total. The van der Waals surface area contributed by atoms with Gasteiger partial charge >= 0.3 is 0 Å². The summed E-state index contributed by atoms with van der Waals surface area (Å²) in [5.74, 6) is -0.114. The molecule has 0 radical (unpaired) electrons. The van der Waals surface area contributed by atoms with Gasteiger partial charge < -0.3 is 16.0 Å². The maximum Gasteiger partial charge on any atom is 0.247 e. The fourth-order valence-electron chi connectivity index (χ4n) is 4.72. The monoisotopic (exact) mass is 533 g/mol. The van der Waals surface area contributed by atoms with E-state index in [0.29, 0.717) is 16.8 Å². The largest absolute Gasteiger partial charge is 0.384 e. The summed E-state index contributed by atoms with van der Waals surface area (Å²) in [6.45, 7) is 6.15. The first kappa shape index (κ1) is 27.3.